The number of nitro groups is 1. The van der Waals surface area contributed by atoms with Crippen molar-refractivity contribution in [3.05, 3.63) is 46.0 Å². The van der Waals surface area contributed by atoms with E-state index >= 15 is 0 Å². The summed E-state index contributed by atoms with van der Waals surface area (Å²) < 4.78 is 0. The summed E-state index contributed by atoms with van der Waals surface area (Å²) in [5, 5.41) is 12.5. The number of rotatable bonds is 2. The second-order valence-electron chi connectivity index (χ2n) is 4.24. The van der Waals surface area contributed by atoms with Crippen LogP contribution in [0.25, 0.3) is 0 Å². The maximum Gasteiger partial charge on any atom is 0.332 e. The van der Waals surface area contributed by atoms with E-state index in [0.717, 1.165) is 10.8 Å². The van der Waals surface area contributed by atoms with Gasteiger partial charge in [0.05, 0.1) is 25.6 Å². The topological polar surface area (TPSA) is 64.8 Å². The van der Waals surface area contributed by atoms with E-state index in [9.17, 15) is 10.1 Å². The molecule has 0 amide bonds. The van der Waals surface area contributed by atoms with Gasteiger partial charge in [0, 0.05) is 10.1 Å². The molecule has 17 heavy (non-hydrogen) atoms. The summed E-state index contributed by atoms with van der Waals surface area (Å²) >= 11 is 0. The Balaban J connectivity index is 2.03. The normalized spacial score (nSPS) is 32.6. The van der Waals surface area contributed by atoms with E-state index in [-0.39, 0.29) is 17.4 Å². The molecule has 0 aromatic heterocycles. The van der Waals surface area contributed by atoms with E-state index in [1.165, 1.54) is 0 Å². The Morgan fingerprint density at radius 3 is 2.82 bits per heavy atom. The number of nitrogens with zero attached hydrogens (tertiary/aromatic N) is 2. The monoisotopic (exact) mass is 236 g/mol. The quantitative estimate of drug-likeness (QED) is 0.572. The summed E-state index contributed by atoms with van der Waals surface area (Å²) in [5.74, 6) is -0.291. The third kappa shape index (κ3) is 1.38. The van der Waals surface area contributed by atoms with Crippen LogP contribution < -0.4 is 0 Å². The molecule has 2 atom stereocenters. The standard InChI is InChI=1S/C11H12N2O4/c14-12(15)11-6-7-16-13(11)17-8-10(11)9-4-2-1-3-5-9/h1-5,10H,6-8H2. The van der Waals surface area contributed by atoms with Gasteiger partial charge in [0.2, 0.25) is 0 Å². The fraction of sp³-hybridized carbons (Fsp3) is 0.455. The van der Waals surface area contributed by atoms with Gasteiger partial charge >= 0.3 is 5.66 Å². The van der Waals surface area contributed by atoms with Gasteiger partial charge in [0.1, 0.15) is 0 Å². The summed E-state index contributed by atoms with van der Waals surface area (Å²) in [5.41, 5.74) is -0.348. The van der Waals surface area contributed by atoms with Crippen LogP contribution in [0, 0.1) is 10.1 Å². The Morgan fingerprint density at radius 1 is 1.35 bits per heavy atom. The van der Waals surface area contributed by atoms with E-state index in [4.69, 9.17) is 9.68 Å². The highest BCUT2D eigenvalue weighted by Gasteiger charge is 2.65. The van der Waals surface area contributed by atoms with Crippen molar-refractivity contribution in [2.75, 3.05) is 13.2 Å². The molecular weight excluding hydrogens is 224 g/mol. The molecule has 2 saturated heterocycles. The van der Waals surface area contributed by atoms with Gasteiger partial charge in [-0.05, 0) is 5.56 Å². The third-order valence-corrected chi connectivity index (χ3v) is 3.43. The number of fused-ring (bicyclic) bond motifs is 1. The van der Waals surface area contributed by atoms with Crippen LogP contribution in [0.2, 0.25) is 0 Å². The van der Waals surface area contributed by atoms with Crippen LogP contribution in [-0.2, 0) is 9.68 Å². The van der Waals surface area contributed by atoms with E-state index in [1.807, 2.05) is 30.3 Å². The zero-order valence-electron chi connectivity index (χ0n) is 9.11. The fourth-order valence-electron chi connectivity index (χ4n) is 2.54. The van der Waals surface area contributed by atoms with Gasteiger partial charge in [-0.1, -0.05) is 30.3 Å². The average molecular weight is 236 g/mol. The van der Waals surface area contributed by atoms with Gasteiger partial charge in [-0.25, -0.2) is 0 Å². The predicted molar refractivity (Wildman–Crippen MR) is 57.3 cm³/mol. The summed E-state index contributed by atoms with van der Waals surface area (Å²) in [4.78, 5) is 21.5. The van der Waals surface area contributed by atoms with Gasteiger partial charge in [-0.15, -0.1) is 0 Å². The highest BCUT2D eigenvalue weighted by atomic mass is 17.0. The lowest BCUT2D eigenvalue weighted by molar-refractivity contribution is -0.632. The molecule has 90 valence electrons. The van der Waals surface area contributed by atoms with E-state index in [2.05, 4.69) is 0 Å². The summed E-state index contributed by atoms with van der Waals surface area (Å²) in [6.07, 6.45) is 0.347. The summed E-state index contributed by atoms with van der Waals surface area (Å²) in [6, 6.07) is 9.42. The molecule has 6 heteroatoms. The molecule has 3 rings (SSSR count). The molecule has 2 unspecified atom stereocenters. The molecule has 2 heterocycles. The molecule has 0 saturated carbocycles. The maximum atomic E-state index is 11.4. The third-order valence-electron chi connectivity index (χ3n) is 3.43. The molecule has 0 aliphatic carbocycles. The number of hydrogen-bond donors (Lipinski definition) is 0. The molecule has 2 aliphatic rings. The molecule has 2 aliphatic heterocycles. The van der Waals surface area contributed by atoms with E-state index in [0.29, 0.717) is 13.0 Å². The van der Waals surface area contributed by atoms with Crippen molar-refractivity contribution >= 4 is 0 Å². The first-order chi connectivity index (χ1) is 8.25. The molecular formula is C11H12N2O4. The highest BCUT2D eigenvalue weighted by Crippen LogP contribution is 2.45. The first-order valence-electron chi connectivity index (χ1n) is 5.50. The minimum absolute atomic E-state index is 0.283. The lowest BCUT2D eigenvalue weighted by Crippen LogP contribution is -2.48. The SMILES string of the molecule is O=[N+]([O-])C12CCON1OCC2c1ccccc1. The molecule has 2 fully saturated rings. The zero-order valence-corrected chi connectivity index (χ0v) is 9.11. The van der Waals surface area contributed by atoms with Crippen molar-refractivity contribution in [2.24, 2.45) is 0 Å². The first-order valence-corrected chi connectivity index (χ1v) is 5.50. The van der Waals surface area contributed by atoms with Crippen LogP contribution in [0.3, 0.4) is 0 Å². The van der Waals surface area contributed by atoms with Gasteiger partial charge in [0.25, 0.3) is 0 Å². The zero-order chi connectivity index (χ0) is 11.9. The van der Waals surface area contributed by atoms with Gasteiger partial charge in [-0.3, -0.25) is 19.8 Å². The molecule has 0 N–H and O–H groups in total. The van der Waals surface area contributed by atoms with Crippen molar-refractivity contribution in [1.82, 2.24) is 5.23 Å². The molecule has 6 nitrogen and oxygen atoms in total. The first kappa shape index (κ1) is 10.6. The largest absolute Gasteiger partial charge is 0.332 e. The Kier molecular flexibility index (Phi) is 2.36. The molecule has 1 aromatic carbocycles. The van der Waals surface area contributed by atoms with Crippen LogP contribution in [0.4, 0.5) is 0 Å². The predicted octanol–water partition coefficient (Wildman–Crippen LogP) is 1.33. The molecule has 0 spiro atoms. The lowest BCUT2D eigenvalue weighted by Gasteiger charge is -2.23. The number of hydroxylamine groups is 2. The minimum atomic E-state index is -1.26. The van der Waals surface area contributed by atoms with Gasteiger partial charge < -0.3 is 0 Å². The minimum Gasteiger partial charge on any atom is -0.268 e. The van der Waals surface area contributed by atoms with E-state index < -0.39 is 5.66 Å². The Hall–Kier alpha value is -1.50. The lowest BCUT2D eigenvalue weighted by atomic mass is 9.86. The van der Waals surface area contributed by atoms with Gasteiger partial charge in [0.15, 0.2) is 0 Å². The van der Waals surface area contributed by atoms with Crippen molar-refractivity contribution in [1.29, 1.82) is 0 Å². The van der Waals surface area contributed by atoms with E-state index in [1.54, 1.807) is 0 Å². The molecule has 0 radical (unpaired) electrons. The molecule has 1 aromatic rings. The molecule has 0 bridgehead atoms. The fourth-order valence-corrected chi connectivity index (χ4v) is 2.54. The maximum absolute atomic E-state index is 11.4. The van der Waals surface area contributed by atoms with Crippen LogP contribution in [0.5, 0.6) is 0 Å². The Morgan fingerprint density at radius 2 is 2.12 bits per heavy atom. The van der Waals surface area contributed by atoms with Crippen LogP contribution in [0.15, 0.2) is 30.3 Å². The van der Waals surface area contributed by atoms with Crippen molar-refractivity contribution in [3.63, 3.8) is 0 Å². The van der Waals surface area contributed by atoms with Crippen molar-refractivity contribution < 1.29 is 14.6 Å². The highest BCUT2D eigenvalue weighted by molar-refractivity contribution is 5.23. The summed E-state index contributed by atoms with van der Waals surface area (Å²) in [7, 11) is 0. The second kappa shape index (κ2) is 3.76. The number of benzene rings is 1. The van der Waals surface area contributed by atoms with Crippen LogP contribution >= 0.6 is 0 Å². The smallest absolute Gasteiger partial charge is 0.268 e. The van der Waals surface area contributed by atoms with Crippen LogP contribution in [0.1, 0.15) is 17.9 Å². The van der Waals surface area contributed by atoms with Crippen LogP contribution in [-0.4, -0.2) is 29.0 Å². The second-order valence-corrected chi connectivity index (χ2v) is 4.24. The summed E-state index contributed by atoms with van der Waals surface area (Å²) in [6.45, 7) is 0.606. The number of hydrogen-bond acceptors (Lipinski definition) is 5. The average Bonchev–Trinajstić information content (AvgIpc) is 2.88. The Bertz CT molecular complexity index is 438. The van der Waals surface area contributed by atoms with Gasteiger partial charge in [-0.2, -0.15) is 0 Å². The van der Waals surface area contributed by atoms with Crippen molar-refractivity contribution in [2.45, 2.75) is 18.0 Å². The Labute approximate surface area is 97.8 Å². The van der Waals surface area contributed by atoms with Crippen molar-refractivity contribution in [3.8, 4) is 0 Å².